The maximum atomic E-state index is 11.0. The second-order valence-corrected chi connectivity index (χ2v) is 5.27. The van der Waals surface area contributed by atoms with Crippen LogP contribution < -0.4 is 5.32 Å². The van der Waals surface area contributed by atoms with E-state index in [1.807, 2.05) is 0 Å². The number of hydrogen-bond donors (Lipinski definition) is 1. The Morgan fingerprint density at radius 2 is 2.08 bits per heavy atom. The normalized spacial score (nSPS) is 11.1. The van der Waals surface area contributed by atoms with E-state index in [1.165, 1.54) is 0 Å². The largest absolute Gasteiger partial charge is 0.316 e. The van der Waals surface area contributed by atoms with Gasteiger partial charge in [0.25, 0.3) is 0 Å². The number of rotatable bonds is 7. The van der Waals surface area contributed by atoms with Crippen LogP contribution in [-0.2, 0) is 9.84 Å². The molecular weight excluding hydrogens is 186 g/mol. The van der Waals surface area contributed by atoms with Gasteiger partial charge < -0.3 is 5.32 Å². The van der Waals surface area contributed by atoms with Crippen LogP contribution in [0.1, 0.15) is 19.8 Å². The molecule has 0 amide bonds. The highest BCUT2D eigenvalue weighted by atomic mass is 32.2. The zero-order valence-electron chi connectivity index (χ0n) is 8.04. The summed E-state index contributed by atoms with van der Waals surface area (Å²) in [6.45, 7) is 3.16. The summed E-state index contributed by atoms with van der Waals surface area (Å²) in [4.78, 5) is 0. The Hall–Kier alpha value is -0.530. The third-order valence-electron chi connectivity index (χ3n) is 1.69. The van der Waals surface area contributed by atoms with E-state index in [0.29, 0.717) is 12.8 Å². The molecule has 0 heterocycles. The lowest BCUT2D eigenvalue weighted by Crippen LogP contribution is -2.20. The maximum absolute atomic E-state index is 11.0. The minimum atomic E-state index is -2.79. The fraction of sp³-hybridized carbons (Fsp3) is 0.778. The molecule has 0 saturated carbocycles. The second-order valence-electron chi connectivity index (χ2n) is 2.79. The first-order valence-electron chi connectivity index (χ1n) is 4.47. The van der Waals surface area contributed by atoms with E-state index in [-0.39, 0.29) is 11.5 Å². The van der Waals surface area contributed by atoms with Crippen LogP contribution in [-0.4, -0.2) is 33.0 Å². The quantitative estimate of drug-likeness (QED) is 0.482. The molecular formula is C9H17NO2S. The lowest BCUT2D eigenvalue weighted by atomic mass is 10.4. The molecule has 3 nitrogen and oxygen atoms in total. The zero-order chi connectivity index (χ0) is 10.2. The molecule has 4 heteroatoms. The van der Waals surface area contributed by atoms with Crippen LogP contribution in [0.5, 0.6) is 0 Å². The average Bonchev–Trinajstić information content (AvgIpc) is 2.11. The molecule has 13 heavy (non-hydrogen) atoms. The van der Waals surface area contributed by atoms with Gasteiger partial charge >= 0.3 is 0 Å². The van der Waals surface area contributed by atoms with Gasteiger partial charge in [0, 0.05) is 18.7 Å². The van der Waals surface area contributed by atoms with Crippen molar-refractivity contribution in [1.29, 1.82) is 0 Å². The van der Waals surface area contributed by atoms with Gasteiger partial charge in [-0.3, -0.25) is 0 Å². The second kappa shape index (κ2) is 6.93. The monoisotopic (exact) mass is 203 g/mol. The van der Waals surface area contributed by atoms with Gasteiger partial charge in [-0.1, -0.05) is 6.92 Å². The summed E-state index contributed by atoms with van der Waals surface area (Å²) >= 11 is 0. The SMILES string of the molecule is C#CCCNCCCS(=O)(=O)CC. The molecule has 0 radical (unpaired) electrons. The van der Waals surface area contributed by atoms with Gasteiger partial charge in [-0.15, -0.1) is 12.3 Å². The molecule has 0 rings (SSSR count). The average molecular weight is 203 g/mol. The zero-order valence-corrected chi connectivity index (χ0v) is 8.86. The van der Waals surface area contributed by atoms with E-state index in [2.05, 4.69) is 11.2 Å². The van der Waals surface area contributed by atoms with Gasteiger partial charge in [-0.05, 0) is 13.0 Å². The van der Waals surface area contributed by atoms with Crippen molar-refractivity contribution in [3.05, 3.63) is 0 Å². The van der Waals surface area contributed by atoms with E-state index in [1.54, 1.807) is 6.92 Å². The molecule has 0 atom stereocenters. The van der Waals surface area contributed by atoms with Gasteiger partial charge in [0.1, 0.15) is 9.84 Å². The highest BCUT2D eigenvalue weighted by Crippen LogP contribution is 1.91. The van der Waals surface area contributed by atoms with Crippen molar-refractivity contribution in [2.75, 3.05) is 24.6 Å². The first kappa shape index (κ1) is 12.5. The fourth-order valence-corrected chi connectivity index (χ4v) is 1.72. The minimum absolute atomic E-state index is 0.233. The molecule has 0 aliphatic heterocycles. The van der Waals surface area contributed by atoms with E-state index in [0.717, 1.165) is 13.1 Å². The fourth-order valence-electron chi connectivity index (χ4n) is 0.847. The van der Waals surface area contributed by atoms with Crippen LogP contribution in [0, 0.1) is 12.3 Å². The summed E-state index contributed by atoms with van der Waals surface area (Å²) in [5.41, 5.74) is 0. The van der Waals surface area contributed by atoms with Crippen molar-refractivity contribution in [3.63, 3.8) is 0 Å². The Balaban J connectivity index is 3.32. The topological polar surface area (TPSA) is 46.2 Å². The standard InChI is InChI=1S/C9H17NO2S/c1-3-5-7-10-8-6-9-13(11,12)4-2/h1,10H,4-9H2,2H3. The van der Waals surface area contributed by atoms with Crippen molar-refractivity contribution in [2.24, 2.45) is 0 Å². The van der Waals surface area contributed by atoms with Crippen LogP contribution in [0.25, 0.3) is 0 Å². The predicted molar refractivity (Wildman–Crippen MR) is 55.3 cm³/mol. The van der Waals surface area contributed by atoms with E-state index >= 15 is 0 Å². The highest BCUT2D eigenvalue weighted by Gasteiger charge is 2.05. The van der Waals surface area contributed by atoms with Crippen molar-refractivity contribution in [3.8, 4) is 12.3 Å². The summed E-state index contributed by atoms with van der Waals surface area (Å²) in [6, 6.07) is 0. The van der Waals surface area contributed by atoms with Crippen LogP contribution >= 0.6 is 0 Å². The minimum Gasteiger partial charge on any atom is -0.316 e. The Labute approximate surface area is 80.8 Å². The Bertz CT molecular complexity index is 251. The summed E-state index contributed by atoms with van der Waals surface area (Å²) in [6.07, 6.45) is 6.41. The van der Waals surface area contributed by atoms with Gasteiger partial charge in [-0.2, -0.15) is 0 Å². The summed E-state index contributed by atoms with van der Waals surface area (Å²) in [5, 5.41) is 3.08. The van der Waals surface area contributed by atoms with Gasteiger partial charge in [-0.25, -0.2) is 8.42 Å². The number of sulfone groups is 1. The summed E-state index contributed by atoms with van der Waals surface area (Å²) < 4.78 is 22.1. The molecule has 0 spiro atoms. The molecule has 0 unspecified atom stereocenters. The lowest BCUT2D eigenvalue weighted by Gasteiger charge is -2.02. The van der Waals surface area contributed by atoms with Crippen molar-refractivity contribution in [1.82, 2.24) is 5.32 Å². The highest BCUT2D eigenvalue weighted by molar-refractivity contribution is 7.91. The van der Waals surface area contributed by atoms with Crippen LogP contribution in [0.3, 0.4) is 0 Å². The lowest BCUT2D eigenvalue weighted by molar-refractivity contribution is 0.590. The molecule has 0 saturated heterocycles. The molecule has 0 aliphatic carbocycles. The Morgan fingerprint density at radius 1 is 1.38 bits per heavy atom. The number of terminal acetylenes is 1. The molecule has 0 aromatic heterocycles. The van der Waals surface area contributed by atoms with Gasteiger partial charge in [0.2, 0.25) is 0 Å². The van der Waals surface area contributed by atoms with E-state index in [4.69, 9.17) is 6.42 Å². The first-order chi connectivity index (χ1) is 6.12. The Kier molecular flexibility index (Phi) is 6.65. The van der Waals surface area contributed by atoms with Gasteiger partial charge in [0.15, 0.2) is 0 Å². The predicted octanol–water partition coefficient (Wildman–Crippen LogP) is 0.424. The van der Waals surface area contributed by atoms with Gasteiger partial charge in [0.05, 0.1) is 5.75 Å². The molecule has 0 aromatic rings. The van der Waals surface area contributed by atoms with Crippen LogP contribution in [0.15, 0.2) is 0 Å². The maximum Gasteiger partial charge on any atom is 0.150 e. The van der Waals surface area contributed by atoms with E-state index in [9.17, 15) is 8.42 Å². The van der Waals surface area contributed by atoms with E-state index < -0.39 is 9.84 Å². The number of nitrogens with one attached hydrogen (secondary N) is 1. The molecule has 0 fully saturated rings. The first-order valence-corrected chi connectivity index (χ1v) is 6.29. The Morgan fingerprint density at radius 3 is 2.62 bits per heavy atom. The molecule has 0 bridgehead atoms. The van der Waals surface area contributed by atoms with Crippen LogP contribution in [0.4, 0.5) is 0 Å². The summed E-state index contributed by atoms with van der Waals surface area (Å²) in [7, 11) is -2.79. The molecule has 0 aromatic carbocycles. The smallest absolute Gasteiger partial charge is 0.150 e. The van der Waals surface area contributed by atoms with Crippen molar-refractivity contribution < 1.29 is 8.42 Å². The molecule has 1 N–H and O–H groups in total. The molecule has 76 valence electrons. The van der Waals surface area contributed by atoms with Crippen molar-refractivity contribution >= 4 is 9.84 Å². The third kappa shape index (κ3) is 7.82. The third-order valence-corrected chi connectivity index (χ3v) is 3.49. The molecule has 0 aliphatic rings. The summed E-state index contributed by atoms with van der Waals surface area (Å²) in [5.74, 6) is 3.01. The number of hydrogen-bond acceptors (Lipinski definition) is 3. The van der Waals surface area contributed by atoms with Crippen molar-refractivity contribution in [2.45, 2.75) is 19.8 Å². The van der Waals surface area contributed by atoms with Crippen LogP contribution in [0.2, 0.25) is 0 Å².